The second kappa shape index (κ2) is 3.21. The van der Waals surface area contributed by atoms with Crippen LogP contribution in [-0.4, -0.2) is 10.1 Å². The molecule has 0 fully saturated rings. The van der Waals surface area contributed by atoms with Crippen LogP contribution in [0.1, 0.15) is 0 Å². The minimum Gasteiger partial charge on any atom is -0.508 e. The van der Waals surface area contributed by atoms with E-state index in [-0.39, 0.29) is 16.9 Å². The molecule has 0 saturated carbocycles. The van der Waals surface area contributed by atoms with Crippen LogP contribution in [0.15, 0.2) is 39.5 Å². The third kappa shape index (κ3) is 1.48. The number of benzene rings is 2. The van der Waals surface area contributed by atoms with Crippen molar-refractivity contribution >= 4 is 16.8 Å². The number of nitrogen functional groups attached to an aromatic ring is 1. The first kappa shape index (κ1) is 9.65. The highest BCUT2D eigenvalue weighted by atomic mass is 16.3. The van der Waals surface area contributed by atoms with Crippen LogP contribution in [0.25, 0.3) is 22.6 Å². The molecule has 1 aromatic rings. The van der Waals surface area contributed by atoms with Crippen molar-refractivity contribution in [2.75, 3.05) is 5.73 Å². The minimum absolute atomic E-state index is 0.105. The number of aromatic hydroxyl groups is 1. The van der Waals surface area contributed by atoms with Crippen LogP contribution in [-0.2, 0) is 0 Å². The van der Waals surface area contributed by atoms with E-state index < -0.39 is 0 Å². The van der Waals surface area contributed by atoms with Crippen LogP contribution < -0.4 is 11.2 Å². The van der Waals surface area contributed by atoms with E-state index in [0.717, 1.165) is 0 Å². The van der Waals surface area contributed by atoms with Gasteiger partial charge in [0.2, 0.25) is 5.43 Å². The second-order valence-electron chi connectivity index (χ2n) is 3.72. The van der Waals surface area contributed by atoms with E-state index in [1.165, 1.54) is 24.3 Å². The molecule has 1 aliphatic heterocycles. The summed E-state index contributed by atoms with van der Waals surface area (Å²) >= 11 is 0. The van der Waals surface area contributed by atoms with Gasteiger partial charge in [-0.25, -0.2) is 4.98 Å². The largest absolute Gasteiger partial charge is 0.508 e. The average molecular weight is 228 g/mol. The van der Waals surface area contributed by atoms with Crippen LogP contribution in [0, 0.1) is 0 Å². The summed E-state index contributed by atoms with van der Waals surface area (Å²) in [4.78, 5) is 15.6. The summed E-state index contributed by atoms with van der Waals surface area (Å²) in [5.41, 5.74) is 6.85. The van der Waals surface area contributed by atoms with Gasteiger partial charge in [0.1, 0.15) is 17.0 Å². The van der Waals surface area contributed by atoms with Gasteiger partial charge < -0.3 is 15.3 Å². The molecule has 0 unspecified atom stereocenters. The number of anilines is 1. The van der Waals surface area contributed by atoms with Gasteiger partial charge in [-0.2, -0.15) is 0 Å². The fourth-order valence-electron chi connectivity index (χ4n) is 1.66. The summed E-state index contributed by atoms with van der Waals surface area (Å²) in [7, 11) is 0. The predicted molar refractivity (Wildman–Crippen MR) is 63.0 cm³/mol. The quantitative estimate of drug-likeness (QED) is 0.450. The Morgan fingerprint density at radius 2 is 2.06 bits per heavy atom. The number of rotatable bonds is 0. The monoisotopic (exact) mass is 228 g/mol. The van der Waals surface area contributed by atoms with Gasteiger partial charge in [0, 0.05) is 12.1 Å². The van der Waals surface area contributed by atoms with E-state index in [4.69, 9.17) is 10.2 Å². The highest BCUT2D eigenvalue weighted by Gasteiger charge is 2.11. The van der Waals surface area contributed by atoms with Crippen molar-refractivity contribution in [1.29, 1.82) is 0 Å². The van der Waals surface area contributed by atoms with Crippen molar-refractivity contribution in [3.8, 4) is 17.2 Å². The third-order valence-corrected chi connectivity index (χ3v) is 2.49. The Labute approximate surface area is 95.5 Å². The Morgan fingerprint density at radius 3 is 2.88 bits per heavy atom. The van der Waals surface area contributed by atoms with Gasteiger partial charge in [0.25, 0.3) is 0 Å². The van der Waals surface area contributed by atoms with Crippen molar-refractivity contribution in [2.24, 2.45) is 0 Å². The highest BCUT2D eigenvalue weighted by Crippen LogP contribution is 2.26. The van der Waals surface area contributed by atoms with Crippen LogP contribution >= 0.6 is 0 Å². The number of phenols is 1. The molecule has 0 saturated heterocycles. The topological polar surface area (TPSA) is 89.3 Å². The molecule has 0 aromatic heterocycles. The van der Waals surface area contributed by atoms with E-state index in [1.54, 1.807) is 6.07 Å². The maximum atomic E-state index is 11.4. The van der Waals surface area contributed by atoms with Gasteiger partial charge in [-0.1, -0.05) is 0 Å². The number of hydrogen-bond donors (Lipinski definition) is 2. The molecule has 5 nitrogen and oxygen atoms in total. The Bertz CT molecular complexity index is 749. The molecule has 84 valence electrons. The summed E-state index contributed by atoms with van der Waals surface area (Å²) in [6.07, 6.45) is 0. The molecule has 0 atom stereocenters. The van der Waals surface area contributed by atoms with E-state index in [0.29, 0.717) is 22.6 Å². The molecule has 0 radical (unpaired) electrons. The molecular formula is C12H8N2O3. The fraction of sp³-hybridized carbons (Fsp3) is 0. The highest BCUT2D eigenvalue weighted by molar-refractivity contribution is 5.78. The molecule has 5 heteroatoms. The molecule has 0 bridgehead atoms. The number of hydrogen-bond acceptors (Lipinski definition) is 5. The lowest BCUT2D eigenvalue weighted by atomic mass is 10.2. The zero-order valence-electron chi connectivity index (χ0n) is 8.68. The van der Waals surface area contributed by atoms with Crippen molar-refractivity contribution in [3.05, 3.63) is 40.6 Å². The number of nitrogens with two attached hydrogens (primary N) is 1. The molecule has 3 N–H and O–H groups in total. The molecule has 1 heterocycles. The first-order valence-electron chi connectivity index (χ1n) is 4.96. The van der Waals surface area contributed by atoms with E-state index >= 15 is 0 Å². The normalized spacial score (nSPS) is 11.1. The zero-order chi connectivity index (χ0) is 12.0. The van der Waals surface area contributed by atoms with E-state index in [1.807, 2.05) is 0 Å². The molecule has 0 spiro atoms. The molecule has 1 aromatic carbocycles. The molecular weight excluding hydrogens is 220 g/mol. The Kier molecular flexibility index (Phi) is 1.82. The van der Waals surface area contributed by atoms with Crippen molar-refractivity contribution in [3.63, 3.8) is 0 Å². The number of aromatic nitrogens is 1. The average Bonchev–Trinajstić information content (AvgIpc) is 2.28. The lowest BCUT2D eigenvalue weighted by Gasteiger charge is -2.06. The lowest BCUT2D eigenvalue weighted by molar-refractivity contribution is 0.475. The fourth-order valence-corrected chi connectivity index (χ4v) is 1.66. The van der Waals surface area contributed by atoms with Gasteiger partial charge in [0.15, 0.2) is 11.3 Å². The first-order chi connectivity index (χ1) is 8.13. The van der Waals surface area contributed by atoms with Crippen LogP contribution in [0.2, 0.25) is 0 Å². The molecule has 3 rings (SSSR count). The predicted octanol–water partition coefficient (Wildman–Crippen LogP) is 1.58. The first-order valence-corrected chi connectivity index (χ1v) is 4.96. The smallest absolute Gasteiger partial charge is 0.205 e. The Morgan fingerprint density at radius 1 is 1.24 bits per heavy atom. The minimum atomic E-state index is -0.291. The van der Waals surface area contributed by atoms with Crippen molar-refractivity contribution < 1.29 is 9.52 Å². The molecule has 1 aliphatic carbocycles. The third-order valence-electron chi connectivity index (χ3n) is 2.49. The Hall–Kier alpha value is -2.56. The van der Waals surface area contributed by atoms with Crippen molar-refractivity contribution in [2.45, 2.75) is 0 Å². The standard InChI is InChI=1S/C12H8N2O3/c13-7-4-9-12(5-10(7)16)17-11-2-1-6(15)3-8(11)14-9/h1-5,15H,13H2. The SMILES string of the molecule is Nc1cc2nc3cc(O)ccc3oc-2cc1=O. The Balaban J connectivity index is 2.45. The van der Waals surface area contributed by atoms with Crippen LogP contribution in [0.4, 0.5) is 5.69 Å². The van der Waals surface area contributed by atoms with Gasteiger partial charge in [0.05, 0.1) is 5.69 Å². The second-order valence-corrected chi connectivity index (χ2v) is 3.72. The van der Waals surface area contributed by atoms with Crippen molar-refractivity contribution in [1.82, 2.24) is 4.98 Å². The number of phenolic OH excluding ortho intramolecular Hbond substituents is 1. The van der Waals surface area contributed by atoms with Gasteiger partial charge in [-0.15, -0.1) is 0 Å². The van der Waals surface area contributed by atoms with E-state index in [2.05, 4.69) is 4.98 Å². The van der Waals surface area contributed by atoms with Crippen LogP contribution in [0.3, 0.4) is 0 Å². The summed E-state index contributed by atoms with van der Waals surface area (Å²) in [5, 5.41) is 9.34. The lowest BCUT2D eigenvalue weighted by Crippen LogP contribution is -2.08. The summed E-state index contributed by atoms with van der Waals surface area (Å²) in [5.74, 6) is 0.482. The summed E-state index contributed by atoms with van der Waals surface area (Å²) < 4.78 is 5.51. The van der Waals surface area contributed by atoms with Gasteiger partial charge in [-0.3, -0.25) is 4.79 Å². The molecule has 0 amide bonds. The molecule has 2 aliphatic rings. The zero-order valence-corrected chi connectivity index (χ0v) is 8.68. The van der Waals surface area contributed by atoms with Gasteiger partial charge >= 0.3 is 0 Å². The summed E-state index contributed by atoms with van der Waals surface area (Å²) in [6.45, 7) is 0. The van der Waals surface area contributed by atoms with E-state index in [9.17, 15) is 9.90 Å². The molecule has 17 heavy (non-hydrogen) atoms. The maximum Gasteiger partial charge on any atom is 0.205 e. The maximum absolute atomic E-state index is 11.4. The van der Waals surface area contributed by atoms with Gasteiger partial charge in [-0.05, 0) is 18.2 Å². The van der Waals surface area contributed by atoms with Crippen LogP contribution in [0.5, 0.6) is 5.75 Å². The summed E-state index contributed by atoms with van der Waals surface area (Å²) in [6, 6.07) is 7.35. The number of fused-ring (bicyclic) bond motifs is 2. The number of nitrogens with zero attached hydrogens (tertiary/aromatic N) is 1.